The van der Waals surface area contributed by atoms with Crippen LogP contribution in [0.2, 0.25) is 0 Å². The standard InChI is InChI=1S/C16H21N3/c1-3-13-14(4-2)19-16(18-13)12-9-5-7-11-8-6-10-17-15(11)12/h5,7,9,17H,3-4,6,8,10H2,1-2H3,(H,18,19). The third kappa shape index (κ3) is 2.14. The smallest absolute Gasteiger partial charge is 0.139 e. The number of rotatable bonds is 3. The van der Waals surface area contributed by atoms with Crippen molar-refractivity contribution in [2.45, 2.75) is 39.5 Å². The van der Waals surface area contributed by atoms with Crippen LogP contribution in [0.4, 0.5) is 5.69 Å². The van der Waals surface area contributed by atoms with Gasteiger partial charge in [-0.1, -0.05) is 26.0 Å². The van der Waals surface area contributed by atoms with E-state index >= 15 is 0 Å². The van der Waals surface area contributed by atoms with Crippen LogP contribution in [0.3, 0.4) is 0 Å². The molecule has 0 aliphatic carbocycles. The lowest BCUT2D eigenvalue weighted by molar-refractivity contribution is 0.830. The van der Waals surface area contributed by atoms with Gasteiger partial charge in [-0.15, -0.1) is 0 Å². The highest BCUT2D eigenvalue weighted by molar-refractivity contribution is 5.77. The number of fused-ring (bicyclic) bond motifs is 1. The van der Waals surface area contributed by atoms with E-state index in [9.17, 15) is 0 Å². The van der Waals surface area contributed by atoms with E-state index in [4.69, 9.17) is 4.98 Å². The minimum absolute atomic E-state index is 0.988. The number of nitrogens with zero attached hydrogens (tertiary/aromatic N) is 1. The Morgan fingerprint density at radius 1 is 1.21 bits per heavy atom. The zero-order chi connectivity index (χ0) is 13.2. The summed E-state index contributed by atoms with van der Waals surface area (Å²) in [6.45, 7) is 5.40. The zero-order valence-electron chi connectivity index (χ0n) is 11.7. The Kier molecular flexibility index (Phi) is 3.28. The van der Waals surface area contributed by atoms with Gasteiger partial charge in [0.05, 0.1) is 5.69 Å². The van der Waals surface area contributed by atoms with Gasteiger partial charge in [0.2, 0.25) is 0 Å². The summed E-state index contributed by atoms with van der Waals surface area (Å²) in [5, 5.41) is 3.53. The molecule has 0 saturated carbocycles. The number of aromatic nitrogens is 2. The second-order valence-electron chi connectivity index (χ2n) is 5.09. The molecular formula is C16H21N3. The molecule has 3 rings (SSSR count). The number of nitrogens with one attached hydrogen (secondary N) is 2. The molecule has 2 heterocycles. The molecule has 0 saturated heterocycles. The molecule has 3 heteroatoms. The third-order valence-corrected chi connectivity index (χ3v) is 3.88. The first-order valence-corrected chi connectivity index (χ1v) is 7.27. The zero-order valence-corrected chi connectivity index (χ0v) is 11.7. The van der Waals surface area contributed by atoms with E-state index in [1.807, 2.05) is 0 Å². The van der Waals surface area contributed by atoms with E-state index in [0.717, 1.165) is 31.6 Å². The molecule has 0 spiro atoms. The monoisotopic (exact) mass is 255 g/mol. The van der Waals surface area contributed by atoms with Gasteiger partial charge in [-0.2, -0.15) is 0 Å². The van der Waals surface area contributed by atoms with E-state index in [2.05, 4.69) is 42.3 Å². The summed E-state index contributed by atoms with van der Waals surface area (Å²) in [4.78, 5) is 8.28. The molecule has 1 aromatic heterocycles. The van der Waals surface area contributed by atoms with Crippen LogP contribution in [-0.2, 0) is 19.3 Å². The molecule has 0 radical (unpaired) electrons. The molecule has 1 aromatic carbocycles. The van der Waals surface area contributed by atoms with Gasteiger partial charge in [-0.05, 0) is 37.3 Å². The van der Waals surface area contributed by atoms with Gasteiger partial charge in [-0.25, -0.2) is 4.98 Å². The summed E-state index contributed by atoms with van der Waals surface area (Å²) in [7, 11) is 0. The third-order valence-electron chi connectivity index (χ3n) is 3.88. The second kappa shape index (κ2) is 5.08. The molecule has 3 nitrogen and oxygen atoms in total. The Morgan fingerprint density at radius 3 is 2.84 bits per heavy atom. The lowest BCUT2D eigenvalue weighted by atomic mass is 9.99. The second-order valence-corrected chi connectivity index (χ2v) is 5.09. The Morgan fingerprint density at radius 2 is 2.11 bits per heavy atom. The quantitative estimate of drug-likeness (QED) is 0.880. The maximum absolute atomic E-state index is 4.78. The molecule has 0 fully saturated rings. The molecular weight excluding hydrogens is 234 g/mol. The first-order valence-electron chi connectivity index (χ1n) is 7.27. The fourth-order valence-electron chi connectivity index (χ4n) is 2.86. The van der Waals surface area contributed by atoms with E-state index in [0.29, 0.717) is 0 Å². The SMILES string of the molecule is CCc1nc(-c2cccc3c2NCCC3)[nH]c1CC. The molecule has 100 valence electrons. The average Bonchev–Trinajstić information content (AvgIpc) is 2.89. The average molecular weight is 255 g/mol. The van der Waals surface area contributed by atoms with Crippen molar-refractivity contribution < 1.29 is 0 Å². The topological polar surface area (TPSA) is 40.7 Å². The Balaban J connectivity index is 2.09. The number of imidazole rings is 1. The summed E-state index contributed by atoms with van der Waals surface area (Å²) in [6.07, 6.45) is 4.38. The van der Waals surface area contributed by atoms with Crippen molar-refractivity contribution in [2.75, 3.05) is 11.9 Å². The summed E-state index contributed by atoms with van der Waals surface area (Å²) in [5.74, 6) is 1.01. The number of hydrogen-bond donors (Lipinski definition) is 2. The Hall–Kier alpha value is -1.77. The number of anilines is 1. The van der Waals surface area contributed by atoms with Crippen LogP contribution in [0.25, 0.3) is 11.4 Å². The summed E-state index contributed by atoms with van der Waals surface area (Å²) in [5.41, 5.74) is 6.37. The van der Waals surface area contributed by atoms with Crippen molar-refractivity contribution in [3.8, 4) is 11.4 Å². The normalized spacial score (nSPS) is 14.0. The van der Waals surface area contributed by atoms with E-state index in [-0.39, 0.29) is 0 Å². The van der Waals surface area contributed by atoms with Gasteiger partial charge in [0, 0.05) is 23.5 Å². The van der Waals surface area contributed by atoms with Crippen LogP contribution in [0, 0.1) is 0 Å². The van der Waals surface area contributed by atoms with Gasteiger partial charge in [-0.3, -0.25) is 0 Å². The number of aromatic amines is 1. The van der Waals surface area contributed by atoms with Crippen molar-refractivity contribution in [2.24, 2.45) is 0 Å². The van der Waals surface area contributed by atoms with Crippen LogP contribution >= 0.6 is 0 Å². The first kappa shape index (κ1) is 12.3. The number of H-pyrrole nitrogens is 1. The maximum atomic E-state index is 4.78. The maximum Gasteiger partial charge on any atom is 0.139 e. The van der Waals surface area contributed by atoms with Crippen molar-refractivity contribution >= 4 is 5.69 Å². The van der Waals surface area contributed by atoms with Crippen molar-refractivity contribution in [1.82, 2.24) is 9.97 Å². The number of aryl methyl sites for hydroxylation is 3. The molecule has 19 heavy (non-hydrogen) atoms. The lowest BCUT2D eigenvalue weighted by Gasteiger charge is -2.20. The fraction of sp³-hybridized carbons (Fsp3) is 0.438. The molecule has 0 amide bonds. The van der Waals surface area contributed by atoms with Gasteiger partial charge in [0.25, 0.3) is 0 Å². The van der Waals surface area contributed by atoms with Gasteiger partial charge >= 0.3 is 0 Å². The minimum atomic E-state index is 0.988. The van der Waals surface area contributed by atoms with E-state index < -0.39 is 0 Å². The van der Waals surface area contributed by atoms with Crippen LogP contribution in [0.5, 0.6) is 0 Å². The Labute approximate surface area is 114 Å². The van der Waals surface area contributed by atoms with Gasteiger partial charge in [0.15, 0.2) is 0 Å². The van der Waals surface area contributed by atoms with Gasteiger partial charge in [0.1, 0.15) is 5.82 Å². The predicted molar refractivity (Wildman–Crippen MR) is 79.6 cm³/mol. The molecule has 1 aliphatic heterocycles. The molecule has 0 atom stereocenters. The van der Waals surface area contributed by atoms with Crippen molar-refractivity contribution in [1.29, 1.82) is 0 Å². The molecule has 1 aliphatic rings. The molecule has 0 unspecified atom stereocenters. The van der Waals surface area contributed by atoms with Crippen LogP contribution < -0.4 is 5.32 Å². The van der Waals surface area contributed by atoms with Crippen molar-refractivity contribution in [3.05, 3.63) is 35.2 Å². The summed E-state index contributed by atoms with van der Waals surface area (Å²) in [6, 6.07) is 6.52. The van der Waals surface area contributed by atoms with Gasteiger partial charge < -0.3 is 10.3 Å². The highest BCUT2D eigenvalue weighted by Gasteiger charge is 2.16. The minimum Gasteiger partial charge on any atom is -0.384 e. The number of hydrogen-bond acceptors (Lipinski definition) is 2. The molecule has 2 N–H and O–H groups in total. The molecule has 2 aromatic rings. The van der Waals surface area contributed by atoms with Crippen LogP contribution in [0.1, 0.15) is 37.2 Å². The fourth-order valence-corrected chi connectivity index (χ4v) is 2.86. The Bertz CT molecular complexity index is 562. The number of para-hydroxylation sites is 1. The van der Waals surface area contributed by atoms with E-state index in [1.54, 1.807) is 0 Å². The lowest BCUT2D eigenvalue weighted by Crippen LogP contribution is -2.12. The van der Waals surface area contributed by atoms with Crippen LogP contribution in [-0.4, -0.2) is 16.5 Å². The first-order chi connectivity index (χ1) is 9.33. The number of benzene rings is 1. The highest BCUT2D eigenvalue weighted by atomic mass is 15.0. The summed E-state index contributed by atoms with van der Waals surface area (Å²) < 4.78 is 0. The molecule has 0 bridgehead atoms. The van der Waals surface area contributed by atoms with E-state index in [1.165, 1.54) is 34.6 Å². The largest absolute Gasteiger partial charge is 0.384 e. The predicted octanol–water partition coefficient (Wildman–Crippen LogP) is 3.56. The van der Waals surface area contributed by atoms with Crippen LogP contribution in [0.15, 0.2) is 18.2 Å². The highest BCUT2D eigenvalue weighted by Crippen LogP contribution is 2.32. The van der Waals surface area contributed by atoms with Crippen molar-refractivity contribution in [3.63, 3.8) is 0 Å². The summed E-state index contributed by atoms with van der Waals surface area (Å²) >= 11 is 0.